The number of aromatic nitrogens is 4. The molecule has 0 aromatic carbocycles. The van der Waals surface area contributed by atoms with Gasteiger partial charge in [-0.25, -0.2) is 15.0 Å². The van der Waals surface area contributed by atoms with E-state index in [1.807, 2.05) is 0 Å². The molecule has 62 valence electrons. The van der Waals surface area contributed by atoms with Gasteiger partial charge in [0.15, 0.2) is 11.5 Å². The van der Waals surface area contributed by atoms with Crippen LogP contribution in [-0.2, 0) is 5.88 Å². The molecule has 2 aromatic rings. The quantitative estimate of drug-likeness (QED) is 0.637. The fraction of sp³-hybridized carbons (Fsp3) is 0.167. The van der Waals surface area contributed by atoms with Gasteiger partial charge in [0.2, 0.25) is 0 Å². The largest absolute Gasteiger partial charge is 0.382 e. The van der Waals surface area contributed by atoms with E-state index >= 15 is 0 Å². The first-order valence-corrected chi connectivity index (χ1v) is 3.85. The Morgan fingerprint density at radius 2 is 2.33 bits per heavy atom. The van der Waals surface area contributed by atoms with Crippen molar-refractivity contribution in [2.45, 2.75) is 5.88 Å². The molecule has 6 heteroatoms. The molecule has 0 atom stereocenters. The van der Waals surface area contributed by atoms with Crippen molar-refractivity contribution in [3.8, 4) is 0 Å². The van der Waals surface area contributed by atoms with Crippen LogP contribution in [0.1, 0.15) is 5.82 Å². The molecule has 0 aliphatic heterocycles. The van der Waals surface area contributed by atoms with Crippen molar-refractivity contribution in [3.05, 3.63) is 12.2 Å². The SMILES string of the molecule is Nc1ncnc2nc(CCl)[nH]c12. The summed E-state index contributed by atoms with van der Waals surface area (Å²) in [7, 11) is 0. The number of imidazole rings is 1. The second-order valence-electron chi connectivity index (χ2n) is 2.27. The highest BCUT2D eigenvalue weighted by molar-refractivity contribution is 6.16. The second-order valence-corrected chi connectivity index (χ2v) is 2.54. The molecule has 0 amide bonds. The molecular weight excluding hydrogens is 178 g/mol. The highest BCUT2D eigenvalue weighted by atomic mass is 35.5. The number of anilines is 1. The first-order valence-electron chi connectivity index (χ1n) is 3.32. The van der Waals surface area contributed by atoms with E-state index < -0.39 is 0 Å². The minimum Gasteiger partial charge on any atom is -0.382 e. The van der Waals surface area contributed by atoms with E-state index in [1.54, 1.807) is 0 Å². The van der Waals surface area contributed by atoms with Crippen LogP contribution in [0.3, 0.4) is 0 Å². The number of rotatable bonds is 1. The van der Waals surface area contributed by atoms with Gasteiger partial charge in [-0.1, -0.05) is 0 Å². The fourth-order valence-corrected chi connectivity index (χ4v) is 1.08. The lowest BCUT2D eigenvalue weighted by Gasteiger charge is -1.89. The lowest BCUT2D eigenvalue weighted by atomic mass is 10.5. The standard InChI is InChI=1S/C6H6ClN5/c7-1-3-11-4-5(8)9-2-10-6(4)12-3/h2H,1H2,(H3,8,9,10,11,12). The molecule has 5 nitrogen and oxygen atoms in total. The van der Waals surface area contributed by atoms with Crippen LogP contribution in [0.15, 0.2) is 6.33 Å². The zero-order valence-electron chi connectivity index (χ0n) is 6.08. The number of H-pyrrole nitrogens is 1. The second kappa shape index (κ2) is 2.60. The Morgan fingerprint density at radius 3 is 3.00 bits per heavy atom. The van der Waals surface area contributed by atoms with Gasteiger partial charge in [0.25, 0.3) is 0 Å². The summed E-state index contributed by atoms with van der Waals surface area (Å²) < 4.78 is 0. The van der Waals surface area contributed by atoms with E-state index in [2.05, 4.69) is 19.9 Å². The van der Waals surface area contributed by atoms with Crippen LogP contribution in [0.5, 0.6) is 0 Å². The molecule has 0 aliphatic rings. The van der Waals surface area contributed by atoms with Gasteiger partial charge in [-0.15, -0.1) is 11.6 Å². The number of hydrogen-bond donors (Lipinski definition) is 2. The van der Waals surface area contributed by atoms with Crippen molar-refractivity contribution in [1.29, 1.82) is 0 Å². The summed E-state index contributed by atoms with van der Waals surface area (Å²) in [5.74, 6) is 1.36. The lowest BCUT2D eigenvalue weighted by molar-refractivity contribution is 1.13. The van der Waals surface area contributed by atoms with E-state index in [4.69, 9.17) is 17.3 Å². The maximum absolute atomic E-state index is 5.57. The van der Waals surface area contributed by atoms with Crippen molar-refractivity contribution in [2.75, 3.05) is 5.73 Å². The van der Waals surface area contributed by atoms with Gasteiger partial charge < -0.3 is 10.7 Å². The Labute approximate surface area is 73.0 Å². The molecule has 0 unspecified atom stereocenters. The number of nitrogens with one attached hydrogen (secondary N) is 1. The van der Waals surface area contributed by atoms with Gasteiger partial charge in [0, 0.05) is 0 Å². The smallest absolute Gasteiger partial charge is 0.183 e. The molecule has 0 radical (unpaired) electrons. The number of hydrogen-bond acceptors (Lipinski definition) is 4. The Morgan fingerprint density at radius 1 is 1.50 bits per heavy atom. The predicted octanol–water partition coefficient (Wildman–Crippen LogP) is 0.674. The number of nitrogens with two attached hydrogens (primary N) is 1. The zero-order valence-corrected chi connectivity index (χ0v) is 6.84. The first kappa shape index (κ1) is 7.30. The highest BCUT2D eigenvalue weighted by Gasteiger charge is 2.05. The molecule has 2 heterocycles. The molecule has 0 spiro atoms. The molecule has 0 bridgehead atoms. The number of nitrogen functional groups attached to an aromatic ring is 1. The monoisotopic (exact) mass is 183 g/mol. The maximum atomic E-state index is 5.57. The molecule has 2 aromatic heterocycles. The van der Waals surface area contributed by atoms with Crippen molar-refractivity contribution in [2.24, 2.45) is 0 Å². The maximum Gasteiger partial charge on any atom is 0.183 e. The van der Waals surface area contributed by atoms with Gasteiger partial charge in [0.1, 0.15) is 17.7 Å². The van der Waals surface area contributed by atoms with Gasteiger partial charge in [-0.05, 0) is 0 Å². The summed E-state index contributed by atoms with van der Waals surface area (Å²) in [6, 6.07) is 0. The van der Waals surface area contributed by atoms with Crippen LogP contribution >= 0.6 is 11.6 Å². The third-order valence-electron chi connectivity index (χ3n) is 1.49. The number of aromatic amines is 1. The summed E-state index contributed by atoms with van der Waals surface area (Å²) in [5.41, 5.74) is 6.76. The van der Waals surface area contributed by atoms with Crippen LogP contribution < -0.4 is 5.73 Å². The lowest BCUT2D eigenvalue weighted by Crippen LogP contribution is -1.91. The van der Waals surface area contributed by atoms with Gasteiger partial charge in [-0.2, -0.15) is 0 Å². The van der Waals surface area contributed by atoms with Gasteiger partial charge in [-0.3, -0.25) is 0 Å². The summed E-state index contributed by atoms with van der Waals surface area (Å²) in [6.45, 7) is 0. The summed E-state index contributed by atoms with van der Waals surface area (Å²) >= 11 is 5.57. The average Bonchev–Trinajstić information content (AvgIpc) is 2.49. The normalized spacial score (nSPS) is 10.8. The van der Waals surface area contributed by atoms with Crippen molar-refractivity contribution < 1.29 is 0 Å². The van der Waals surface area contributed by atoms with Crippen LogP contribution in [0.4, 0.5) is 5.82 Å². The number of fused-ring (bicyclic) bond motifs is 1. The number of alkyl halides is 1. The van der Waals surface area contributed by atoms with Gasteiger partial charge in [0.05, 0.1) is 5.88 Å². The fourth-order valence-electron chi connectivity index (χ4n) is 0.957. The van der Waals surface area contributed by atoms with Crippen molar-refractivity contribution >= 4 is 28.6 Å². The van der Waals surface area contributed by atoms with Crippen LogP contribution in [-0.4, -0.2) is 19.9 Å². The van der Waals surface area contributed by atoms with Gasteiger partial charge >= 0.3 is 0 Å². The topological polar surface area (TPSA) is 80.5 Å². The summed E-state index contributed by atoms with van der Waals surface area (Å²) in [6.07, 6.45) is 1.37. The minimum atomic E-state index is 0.315. The molecule has 3 N–H and O–H groups in total. The van der Waals surface area contributed by atoms with Crippen LogP contribution in [0, 0.1) is 0 Å². The third-order valence-corrected chi connectivity index (χ3v) is 1.75. The average molecular weight is 184 g/mol. The molecular formula is C6H6ClN5. The highest BCUT2D eigenvalue weighted by Crippen LogP contribution is 2.13. The number of halogens is 1. The minimum absolute atomic E-state index is 0.315. The molecule has 2 rings (SSSR count). The molecule has 12 heavy (non-hydrogen) atoms. The van der Waals surface area contributed by atoms with E-state index in [1.165, 1.54) is 6.33 Å². The Kier molecular flexibility index (Phi) is 1.58. The Hall–Kier alpha value is -1.36. The van der Waals surface area contributed by atoms with Crippen LogP contribution in [0.25, 0.3) is 11.2 Å². The molecule has 0 saturated carbocycles. The van der Waals surface area contributed by atoms with E-state index in [9.17, 15) is 0 Å². The van der Waals surface area contributed by atoms with Crippen LogP contribution in [0.2, 0.25) is 0 Å². The van der Waals surface area contributed by atoms with Crippen molar-refractivity contribution in [3.63, 3.8) is 0 Å². The Balaban J connectivity index is 2.74. The zero-order chi connectivity index (χ0) is 8.55. The molecule has 0 saturated heterocycles. The predicted molar refractivity (Wildman–Crippen MR) is 45.7 cm³/mol. The van der Waals surface area contributed by atoms with E-state index in [0.717, 1.165) is 0 Å². The number of nitrogens with zero attached hydrogens (tertiary/aromatic N) is 3. The molecule has 0 fully saturated rings. The van der Waals surface area contributed by atoms with E-state index in [0.29, 0.717) is 28.7 Å². The first-order chi connectivity index (χ1) is 5.81. The third kappa shape index (κ3) is 0.984. The van der Waals surface area contributed by atoms with Crippen molar-refractivity contribution in [1.82, 2.24) is 19.9 Å². The molecule has 0 aliphatic carbocycles. The Bertz CT molecular complexity index is 409. The summed E-state index contributed by atoms with van der Waals surface area (Å²) in [4.78, 5) is 14.7. The van der Waals surface area contributed by atoms with E-state index in [-0.39, 0.29) is 0 Å². The summed E-state index contributed by atoms with van der Waals surface area (Å²) in [5, 5.41) is 0.